The second-order valence-electron chi connectivity index (χ2n) is 4.93. The molecule has 0 saturated heterocycles. The first-order chi connectivity index (χ1) is 7.79. The van der Waals surface area contributed by atoms with Crippen LogP contribution in [0.1, 0.15) is 49.8 Å². The van der Waals surface area contributed by atoms with Crippen molar-refractivity contribution in [3.8, 4) is 0 Å². The lowest BCUT2D eigenvalue weighted by Gasteiger charge is -2.18. The summed E-state index contributed by atoms with van der Waals surface area (Å²) in [5.74, 6) is 1.01. The van der Waals surface area contributed by atoms with Crippen LogP contribution >= 0.6 is 0 Å². The molecule has 2 nitrogen and oxygen atoms in total. The molecule has 2 heteroatoms. The first kappa shape index (κ1) is 11.6. The molecule has 2 rings (SSSR count). The summed E-state index contributed by atoms with van der Waals surface area (Å²) in [6.45, 7) is 5.32. The van der Waals surface area contributed by atoms with Gasteiger partial charge in [0.15, 0.2) is 0 Å². The summed E-state index contributed by atoms with van der Waals surface area (Å²) in [4.78, 5) is 4.29. The molecule has 1 atom stereocenters. The van der Waals surface area contributed by atoms with Crippen LogP contribution in [0, 0.1) is 12.8 Å². The van der Waals surface area contributed by atoms with Crippen LogP contribution in [0.3, 0.4) is 0 Å². The van der Waals surface area contributed by atoms with E-state index in [0.29, 0.717) is 6.04 Å². The number of hydrogen-bond donors (Lipinski definition) is 1. The molecule has 1 aromatic heterocycles. The Kier molecular flexibility index (Phi) is 3.94. The molecule has 1 aliphatic carbocycles. The molecule has 1 aliphatic rings. The van der Waals surface area contributed by atoms with Gasteiger partial charge in [0, 0.05) is 18.4 Å². The minimum atomic E-state index is 0.498. The molecular formula is C14H22N2. The zero-order valence-electron chi connectivity index (χ0n) is 10.4. The fraction of sp³-hybridized carbons (Fsp3) is 0.643. The SMILES string of the molecule is CCNC(CCC1CC1)c1cncc(C)c1. The van der Waals surface area contributed by atoms with E-state index in [9.17, 15) is 0 Å². The highest BCUT2D eigenvalue weighted by Crippen LogP contribution is 2.35. The summed E-state index contributed by atoms with van der Waals surface area (Å²) in [6.07, 6.45) is 9.45. The maximum absolute atomic E-state index is 4.29. The number of nitrogens with zero attached hydrogens (tertiary/aromatic N) is 1. The van der Waals surface area contributed by atoms with Crippen LogP contribution in [0.5, 0.6) is 0 Å². The molecule has 0 aliphatic heterocycles. The third kappa shape index (κ3) is 3.31. The number of nitrogens with one attached hydrogen (secondary N) is 1. The summed E-state index contributed by atoms with van der Waals surface area (Å²) >= 11 is 0. The zero-order valence-corrected chi connectivity index (χ0v) is 10.4. The Morgan fingerprint density at radius 3 is 2.88 bits per heavy atom. The van der Waals surface area contributed by atoms with Gasteiger partial charge in [-0.15, -0.1) is 0 Å². The lowest BCUT2D eigenvalue weighted by molar-refractivity contribution is 0.480. The first-order valence-electron chi connectivity index (χ1n) is 6.44. The average Bonchev–Trinajstić information content (AvgIpc) is 3.08. The molecular weight excluding hydrogens is 196 g/mol. The van der Waals surface area contributed by atoms with Crippen LogP contribution in [0.15, 0.2) is 18.5 Å². The number of rotatable bonds is 6. The van der Waals surface area contributed by atoms with E-state index in [1.54, 1.807) is 0 Å². The average molecular weight is 218 g/mol. The van der Waals surface area contributed by atoms with Crippen molar-refractivity contribution in [2.24, 2.45) is 5.92 Å². The fourth-order valence-electron chi connectivity index (χ4n) is 2.21. The monoisotopic (exact) mass is 218 g/mol. The van der Waals surface area contributed by atoms with Crippen molar-refractivity contribution in [3.63, 3.8) is 0 Å². The van der Waals surface area contributed by atoms with Crippen molar-refractivity contribution in [3.05, 3.63) is 29.6 Å². The first-order valence-corrected chi connectivity index (χ1v) is 6.44. The number of pyridine rings is 1. The van der Waals surface area contributed by atoms with E-state index >= 15 is 0 Å². The Hall–Kier alpha value is -0.890. The van der Waals surface area contributed by atoms with Gasteiger partial charge in [0.2, 0.25) is 0 Å². The summed E-state index contributed by atoms with van der Waals surface area (Å²) in [5, 5.41) is 3.57. The summed E-state index contributed by atoms with van der Waals surface area (Å²) in [7, 11) is 0. The normalized spacial score (nSPS) is 17.4. The molecule has 0 radical (unpaired) electrons. The van der Waals surface area contributed by atoms with Crippen LogP contribution in [0.25, 0.3) is 0 Å². The van der Waals surface area contributed by atoms with Gasteiger partial charge in [0.1, 0.15) is 0 Å². The number of hydrogen-bond acceptors (Lipinski definition) is 2. The molecule has 1 N–H and O–H groups in total. The lowest BCUT2D eigenvalue weighted by atomic mass is 10.0. The van der Waals surface area contributed by atoms with E-state index in [2.05, 4.69) is 30.2 Å². The number of aryl methyl sites for hydroxylation is 1. The summed E-state index contributed by atoms with van der Waals surface area (Å²) in [6, 6.07) is 2.76. The van der Waals surface area contributed by atoms with Crippen molar-refractivity contribution >= 4 is 0 Å². The highest BCUT2D eigenvalue weighted by Gasteiger charge is 2.22. The van der Waals surface area contributed by atoms with Crippen molar-refractivity contribution in [1.29, 1.82) is 0 Å². The molecule has 1 unspecified atom stereocenters. The highest BCUT2D eigenvalue weighted by atomic mass is 14.9. The lowest BCUT2D eigenvalue weighted by Crippen LogP contribution is -2.21. The third-order valence-corrected chi connectivity index (χ3v) is 3.31. The van der Waals surface area contributed by atoms with Crippen molar-refractivity contribution in [1.82, 2.24) is 10.3 Å². The van der Waals surface area contributed by atoms with Crippen LogP contribution < -0.4 is 5.32 Å². The minimum Gasteiger partial charge on any atom is -0.310 e. The molecule has 1 heterocycles. The molecule has 1 aromatic rings. The second-order valence-corrected chi connectivity index (χ2v) is 4.93. The smallest absolute Gasteiger partial charge is 0.0335 e. The van der Waals surface area contributed by atoms with Crippen molar-refractivity contribution < 1.29 is 0 Å². The largest absolute Gasteiger partial charge is 0.310 e. The Bertz CT molecular complexity index is 331. The maximum Gasteiger partial charge on any atom is 0.0335 e. The molecule has 1 saturated carbocycles. The summed E-state index contributed by atoms with van der Waals surface area (Å²) < 4.78 is 0. The molecule has 0 spiro atoms. The van der Waals surface area contributed by atoms with E-state index in [-0.39, 0.29) is 0 Å². The topological polar surface area (TPSA) is 24.9 Å². The van der Waals surface area contributed by atoms with Crippen LogP contribution in [0.2, 0.25) is 0 Å². The van der Waals surface area contributed by atoms with Gasteiger partial charge >= 0.3 is 0 Å². The fourth-order valence-corrected chi connectivity index (χ4v) is 2.21. The van der Waals surface area contributed by atoms with Gasteiger partial charge in [0.05, 0.1) is 0 Å². The standard InChI is InChI=1S/C14H22N2/c1-3-16-14(7-6-12-4-5-12)13-8-11(2)9-15-10-13/h8-10,12,14,16H,3-7H2,1-2H3. The Morgan fingerprint density at radius 1 is 1.44 bits per heavy atom. The van der Waals surface area contributed by atoms with Gasteiger partial charge in [-0.2, -0.15) is 0 Å². The van der Waals surface area contributed by atoms with Gasteiger partial charge in [-0.3, -0.25) is 4.98 Å². The molecule has 1 fully saturated rings. The van der Waals surface area contributed by atoms with Crippen molar-refractivity contribution in [2.75, 3.05) is 6.54 Å². The van der Waals surface area contributed by atoms with Crippen LogP contribution in [0.4, 0.5) is 0 Å². The molecule has 0 amide bonds. The second kappa shape index (κ2) is 5.44. The Labute approximate surface area is 98.5 Å². The molecule has 0 bridgehead atoms. The van der Waals surface area contributed by atoms with Gasteiger partial charge < -0.3 is 5.32 Å². The van der Waals surface area contributed by atoms with Gasteiger partial charge in [-0.1, -0.05) is 25.8 Å². The predicted octanol–water partition coefficient (Wildman–Crippen LogP) is 3.23. The van der Waals surface area contributed by atoms with Crippen LogP contribution in [-0.4, -0.2) is 11.5 Å². The van der Waals surface area contributed by atoms with E-state index in [4.69, 9.17) is 0 Å². The van der Waals surface area contributed by atoms with Gasteiger partial charge in [0.25, 0.3) is 0 Å². The Morgan fingerprint density at radius 2 is 2.25 bits per heavy atom. The molecule has 88 valence electrons. The van der Waals surface area contributed by atoms with Crippen LogP contribution in [-0.2, 0) is 0 Å². The Balaban J connectivity index is 1.98. The van der Waals surface area contributed by atoms with Gasteiger partial charge in [-0.05, 0) is 43.4 Å². The molecule has 16 heavy (non-hydrogen) atoms. The predicted molar refractivity (Wildman–Crippen MR) is 67.3 cm³/mol. The van der Waals surface area contributed by atoms with E-state index in [1.807, 2.05) is 12.4 Å². The highest BCUT2D eigenvalue weighted by molar-refractivity contribution is 5.20. The van der Waals surface area contributed by atoms with E-state index < -0.39 is 0 Å². The van der Waals surface area contributed by atoms with E-state index in [0.717, 1.165) is 12.5 Å². The minimum absolute atomic E-state index is 0.498. The molecule has 0 aromatic carbocycles. The van der Waals surface area contributed by atoms with Gasteiger partial charge in [-0.25, -0.2) is 0 Å². The maximum atomic E-state index is 4.29. The zero-order chi connectivity index (χ0) is 11.4. The van der Waals surface area contributed by atoms with Crippen molar-refractivity contribution in [2.45, 2.75) is 45.6 Å². The van der Waals surface area contributed by atoms with E-state index in [1.165, 1.54) is 36.8 Å². The number of aromatic nitrogens is 1. The quantitative estimate of drug-likeness (QED) is 0.793. The summed E-state index contributed by atoms with van der Waals surface area (Å²) in [5.41, 5.74) is 2.61. The third-order valence-electron chi connectivity index (χ3n) is 3.31.